The van der Waals surface area contributed by atoms with Crippen LogP contribution in [-0.2, 0) is 17.6 Å². The molecule has 7 N–H and O–H groups in total. The van der Waals surface area contributed by atoms with Gasteiger partial charge in [0.1, 0.15) is 30.0 Å². The Balaban J connectivity index is 1.71. The number of hydrogen-bond donors (Lipinski definition) is 6. The summed E-state index contributed by atoms with van der Waals surface area (Å²) < 4.78 is 7.23. The first-order chi connectivity index (χ1) is 13.5. The number of hydrogen-bond acceptors (Lipinski definition) is 8. The van der Waals surface area contributed by atoms with Crippen molar-refractivity contribution >= 4 is 11.7 Å². The van der Waals surface area contributed by atoms with Crippen molar-refractivity contribution in [2.75, 3.05) is 11.9 Å². The Hall–Kier alpha value is -2.50. The van der Waals surface area contributed by atoms with Crippen LogP contribution in [0.3, 0.4) is 0 Å². The molecular weight excluding hydrogens is 366 g/mol. The van der Waals surface area contributed by atoms with Crippen LogP contribution in [0.25, 0.3) is 0 Å². The second kappa shape index (κ2) is 7.49. The zero-order chi connectivity index (χ0) is 19.8. The van der Waals surface area contributed by atoms with Crippen molar-refractivity contribution in [2.45, 2.75) is 43.7 Å². The molecule has 1 saturated heterocycles. The van der Waals surface area contributed by atoms with E-state index in [0.717, 1.165) is 5.56 Å². The van der Waals surface area contributed by atoms with Crippen LogP contribution in [0.5, 0.6) is 0 Å². The highest BCUT2D eigenvalue weighted by molar-refractivity contribution is 5.99. The average molecular weight is 389 g/mol. The summed E-state index contributed by atoms with van der Waals surface area (Å²) >= 11 is 0. The maximum Gasteiger partial charge on any atom is 0.276 e. The van der Waals surface area contributed by atoms with Gasteiger partial charge in [0.2, 0.25) is 0 Å². The number of nitrogens with two attached hydrogens (primary N) is 1. The lowest BCUT2D eigenvalue weighted by atomic mass is 10.1. The number of carbonyl (C=O) groups is 1. The highest BCUT2D eigenvalue weighted by atomic mass is 16.6. The van der Waals surface area contributed by atoms with Gasteiger partial charge in [0.15, 0.2) is 18.2 Å². The van der Waals surface area contributed by atoms with E-state index in [-0.39, 0.29) is 5.69 Å². The molecule has 150 valence electrons. The quantitative estimate of drug-likeness (QED) is 0.368. The van der Waals surface area contributed by atoms with Gasteiger partial charge in [-0.1, -0.05) is 30.3 Å². The SMILES string of the molecule is NC1NC(=O)c2nc(CCc3ccccc3)n(C3OC(CO)C(O)C3O)c2N1. The van der Waals surface area contributed by atoms with E-state index in [4.69, 9.17) is 10.5 Å². The number of carbonyl (C=O) groups excluding carboxylic acids is 1. The number of nitrogens with one attached hydrogen (secondary N) is 2. The predicted molar refractivity (Wildman–Crippen MR) is 98.2 cm³/mol. The number of imidazole rings is 1. The molecule has 10 nitrogen and oxygen atoms in total. The molecule has 1 aromatic carbocycles. The normalized spacial score (nSPS) is 29.3. The van der Waals surface area contributed by atoms with Crippen LogP contribution in [0, 0.1) is 0 Å². The van der Waals surface area contributed by atoms with E-state index in [1.165, 1.54) is 0 Å². The Bertz CT molecular complexity index is 858. The standard InChI is InChI=1S/C18H23N5O5/c19-18-21-15-12(16(27)22-18)20-11(7-6-9-4-2-1-3-5-9)23(15)17-14(26)13(25)10(8-24)28-17/h1-5,10,13-14,17-18,21,24-26H,6-8,19H2,(H,22,27). The minimum atomic E-state index is -1.30. The van der Waals surface area contributed by atoms with Gasteiger partial charge in [0.05, 0.1) is 6.61 Å². The van der Waals surface area contributed by atoms with E-state index in [9.17, 15) is 20.1 Å². The maximum atomic E-state index is 12.3. The highest BCUT2D eigenvalue weighted by Gasteiger charge is 2.46. The van der Waals surface area contributed by atoms with E-state index < -0.39 is 43.3 Å². The molecule has 0 radical (unpaired) electrons. The van der Waals surface area contributed by atoms with Gasteiger partial charge in [-0.2, -0.15) is 0 Å². The average Bonchev–Trinajstić information content (AvgIpc) is 3.18. The molecule has 0 spiro atoms. The maximum absolute atomic E-state index is 12.3. The molecule has 28 heavy (non-hydrogen) atoms. The molecule has 2 aliphatic heterocycles. The number of fused-ring (bicyclic) bond motifs is 1. The zero-order valence-electron chi connectivity index (χ0n) is 15.0. The molecule has 2 aliphatic rings. The van der Waals surface area contributed by atoms with Crippen molar-refractivity contribution in [3.8, 4) is 0 Å². The van der Waals surface area contributed by atoms with Gasteiger partial charge in [-0.05, 0) is 12.0 Å². The van der Waals surface area contributed by atoms with E-state index in [0.29, 0.717) is 24.5 Å². The number of rotatable bonds is 5. The van der Waals surface area contributed by atoms with Crippen LogP contribution in [0.2, 0.25) is 0 Å². The number of ether oxygens (including phenoxy) is 1. The molecule has 0 aliphatic carbocycles. The topological polar surface area (TPSA) is 155 Å². The number of nitrogens with zero attached hydrogens (tertiary/aromatic N) is 2. The monoisotopic (exact) mass is 389 g/mol. The van der Waals surface area contributed by atoms with Crippen molar-refractivity contribution in [1.82, 2.24) is 14.9 Å². The van der Waals surface area contributed by atoms with Gasteiger partial charge in [0, 0.05) is 6.42 Å². The fourth-order valence-electron chi connectivity index (χ4n) is 3.61. The lowest BCUT2D eigenvalue weighted by Crippen LogP contribution is -2.51. The van der Waals surface area contributed by atoms with Crippen molar-refractivity contribution in [1.29, 1.82) is 0 Å². The summed E-state index contributed by atoms with van der Waals surface area (Å²) in [7, 11) is 0. The summed E-state index contributed by atoms with van der Waals surface area (Å²) in [5.41, 5.74) is 7.05. The lowest BCUT2D eigenvalue weighted by molar-refractivity contribution is -0.0531. The second-order valence-electron chi connectivity index (χ2n) is 6.91. The number of amides is 1. The molecular formula is C18H23N5O5. The third-order valence-corrected chi connectivity index (χ3v) is 5.03. The van der Waals surface area contributed by atoms with Gasteiger partial charge in [-0.25, -0.2) is 4.98 Å². The number of aliphatic hydroxyl groups is 3. The number of anilines is 1. The number of aliphatic hydroxyl groups excluding tert-OH is 3. The molecule has 5 unspecified atom stereocenters. The highest BCUT2D eigenvalue weighted by Crippen LogP contribution is 2.35. The number of aryl methyl sites for hydroxylation is 2. The summed E-state index contributed by atoms with van der Waals surface area (Å²) in [6.07, 6.45) is -4.22. The Morgan fingerprint density at radius 3 is 2.57 bits per heavy atom. The Morgan fingerprint density at radius 2 is 1.89 bits per heavy atom. The van der Waals surface area contributed by atoms with Gasteiger partial charge in [-0.3, -0.25) is 15.1 Å². The number of benzene rings is 1. The first-order valence-corrected chi connectivity index (χ1v) is 9.10. The number of aromatic nitrogens is 2. The fraction of sp³-hybridized carbons (Fsp3) is 0.444. The van der Waals surface area contributed by atoms with Gasteiger partial charge in [0.25, 0.3) is 5.91 Å². The minimum absolute atomic E-state index is 0.141. The van der Waals surface area contributed by atoms with E-state index in [1.54, 1.807) is 4.57 Å². The van der Waals surface area contributed by atoms with Gasteiger partial charge in [-0.15, -0.1) is 0 Å². The zero-order valence-corrected chi connectivity index (χ0v) is 15.0. The summed E-state index contributed by atoms with van der Waals surface area (Å²) in [4.78, 5) is 16.8. The van der Waals surface area contributed by atoms with Gasteiger partial charge < -0.3 is 30.7 Å². The van der Waals surface area contributed by atoms with Crippen LogP contribution < -0.4 is 16.4 Å². The van der Waals surface area contributed by atoms with E-state index >= 15 is 0 Å². The third kappa shape index (κ3) is 3.25. The second-order valence-corrected chi connectivity index (χ2v) is 6.91. The largest absolute Gasteiger partial charge is 0.394 e. The van der Waals surface area contributed by atoms with Crippen molar-refractivity contribution in [3.63, 3.8) is 0 Å². The van der Waals surface area contributed by atoms with E-state index in [1.807, 2.05) is 30.3 Å². The van der Waals surface area contributed by atoms with Crippen LogP contribution >= 0.6 is 0 Å². The molecule has 1 fully saturated rings. The van der Waals surface area contributed by atoms with Gasteiger partial charge >= 0.3 is 0 Å². The summed E-state index contributed by atoms with van der Waals surface area (Å²) in [5, 5.41) is 35.5. The molecule has 10 heteroatoms. The predicted octanol–water partition coefficient (Wildman–Crippen LogP) is -1.32. The van der Waals surface area contributed by atoms with Crippen molar-refractivity contribution in [3.05, 3.63) is 47.4 Å². The lowest BCUT2D eigenvalue weighted by Gasteiger charge is -2.26. The first-order valence-electron chi connectivity index (χ1n) is 9.10. The minimum Gasteiger partial charge on any atom is -0.394 e. The molecule has 2 aromatic rings. The Labute approximate surface area is 160 Å². The summed E-state index contributed by atoms with van der Waals surface area (Å²) in [6, 6.07) is 9.78. The fourth-order valence-corrected chi connectivity index (χ4v) is 3.61. The third-order valence-electron chi connectivity index (χ3n) is 5.03. The van der Waals surface area contributed by atoms with Crippen LogP contribution in [0.1, 0.15) is 28.1 Å². The molecule has 4 rings (SSSR count). The van der Waals surface area contributed by atoms with Crippen LogP contribution in [0.4, 0.5) is 5.82 Å². The Morgan fingerprint density at radius 1 is 1.14 bits per heavy atom. The van der Waals surface area contributed by atoms with Crippen LogP contribution in [-0.4, -0.2) is 62.0 Å². The first kappa shape index (κ1) is 18.8. The molecule has 3 heterocycles. The van der Waals surface area contributed by atoms with Crippen LogP contribution in [0.15, 0.2) is 30.3 Å². The molecule has 0 bridgehead atoms. The Kier molecular flexibility index (Phi) is 5.04. The molecule has 5 atom stereocenters. The smallest absolute Gasteiger partial charge is 0.276 e. The molecule has 0 saturated carbocycles. The molecule has 1 aromatic heterocycles. The molecule has 1 amide bonds. The van der Waals surface area contributed by atoms with Crippen molar-refractivity contribution in [2.24, 2.45) is 5.73 Å². The van der Waals surface area contributed by atoms with Crippen molar-refractivity contribution < 1.29 is 24.9 Å². The summed E-state index contributed by atoms with van der Waals surface area (Å²) in [6.45, 7) is -0.446. The summed E-state index contributed by atoms with van der Waals surface area (Å²) in [5.74, 6) is 0.377. The van der Waals surface area contributed by atoms with E-state index in [2.05, 4.69) is 15.6 Å².